The molecule has 0 aromatic heterocycles. The van der Waals surface area contributed by atoms with Crippen molar-refractivity contribution in [2.75, 3.05) is 0 Å². The summed E-state index contributed by atoms with van der Waals surface area (Å²) in [5.74, 6) is -0.981. The average Bonchev–Trinajstić information content (AvgIpc) is 3.12. The summed E-state index contributed by atoms with van der Waals surface area (Å²) in [4.78, 5) is 25.0. The van der Waals surface area contributed by atoms with Crippen LogP contribution < -0.4 is 0 Å². The summed E-state index contributed by atoms with van der Waals surface area (Å²) in [5, 5.41) is 9.54. The number of rotatable bonds is 9. The van der Waals surface area contributed by atoms with Gasteiger partial charge < -0.3 is 10.0 Å². The van der Waals surface area contributed by atoms with Crippen LogP contribution in [-0.4, -0.2) is 33.5 Å². The minimum Gasteiger partial charge on any atom is -0.480 e. The third-order valence-electron chi connectivity index (χ3n) is 4.01. The molecule has 0 aromatic carbocycles. The van der Waals surface area contributed by atoms with Crippen molar-refractivity contribution in [3.8, 4) is 0 Å². The van der Waals surface area contributed by atoms with E-state index in [9.17, 15) is 14.7 Å². The van der Waals surface area contributed by atoms with Gasteiger partial charge in [-0.1, -0.05) is 39.0 Å². The van der Waals surface area contributed by atoms with Crippen molar-refractivity contribution >= 4 is 11.9 Å². The molecule has 1 atom stereocenters. The fourth-order valence-electron chi connectivity index (χ4n) is 2.74. The molecule has 0 bridgehead atoms. The highest BCUT2D eigenvalue weighted by molar-refractivity contribution is 5.86. The Balaban J connectivity index is 2.61. The highest BCUT2D eigenvalue weighted by Crippen LogP contribution is 2.36. The summed E-state index contributed by atoms with van der Waals surface area (Å²) in [6, 6.07) is 0.147. The summed E-state index contributed by atoms with van der Waals surface area (Å²) < 4.78 is 0. The molecule has 0 saturated heterocycles. The standard InChI is InChI=1S/C15H27NO3/c1-4-5-6-7-8-11-15(3,14(18)19)16(12(2)17)13-9-10-13/h13H,4-11H2,1-3H3,(H,18,19). The molecule has 0 aromatic rings. The molecule has 1 fully saturated rings. The quantitative estimate of drug-likeness (QED) is 0.654. The third-order valence-corrected chi connectivity index (χ3v) is 4.01. The lowest BCUT2D eigenvalue weighted by atomic mass is 9.91. The van der Waals surface area contributed by atoms with E-state index in [4.69, 9.17) is 0 Å². The maximum Gasteiger partial charge on any atom is 0.329 e. The van der Waals surface area contributed by atoms with Gasteiger partial charge in [-0.2, -0.15) is 0 Å². The first-order chi connectivity index (χ1) is 8.93. The summed E-state index contributed by atoms with van der Waals surface area (Å²) in [7, 11) is 0. The van der Waals surface area contributed by atoms with Crippen LogP contribution in [0.5, 0.6) is 0 Å². The molecule has 0 aliphatic heterocycles. The fourth-order valence-corrected chi connectivity index (χ4v) is 2.74. The molecule has 4 nitrogen and oxygen atoms in total. The SMILES string of the molecule is CCCCCCCC(C)(C(=O)O)N(C(C)=O)C1CC1. The number of carboxylic acids is 1. The van der Waals surface area contributed by atoms with Crippen molar-refractivity contribution in [3.63, 3.8) is 0 Å². The summed E-state index contributed by atoms with van der Waals surface area (Å²) >= 11 is 0. The monoisotopic (exact) mass is 269 g/mol. The van der Waals surface area contributed by atoms with Gasteiger partial charge in [0.2, 0.25) is 5.91 Å². The molecule has 1 N–H and O–H groups in total. The minimum absolute atomic E-state index is 0.110. The zero-order valence-electron chi connectivity index (χ0n) is 12.4. The van der Waals surface area contributed by atoms with Gasteiger partial charge in [0.05, 0.1) is 0 Å². The number of hydrogen-bond acceptors (Lipinski definition) is 2. The molecule has 1 aliphatic rings. The predicted molar refractivity (Wildman–Crippen MR) is 75.0 cm³/mol. The van der Waals surface area contributed by atoms with Gasteiger partial charge in [0, 0.05) is 13.0 Å². The Kier molecular flexibility index (Phi) is 5.83. The van der Waals surface area contributed by atoms with Gasteiger partial charge in [-0.15, -0.1) is 0 Å². The van der Waals surface area contributed by atoms with Crippen LogP contribution in [-0.2, 0) is 9.59 Å². The van der Waals surface area contributed by atoms with E-state index in [2.05, 4.69) is 6.92 Å². The van der Waals surface area contributed by atoms with Crippen molar-refractivity contribution < 1.29 is 14.7 Å². The van der Waals surface area contributed by atoms with Gasteiger partial charge in [-0.05, 0) is 26.2 Å². The van der Waals surface area contributed by atoms with Crippen LogP contribution in [0.2, 0.25) is 0 Å². The van der Waals surface area contributed by atoms with E-state index in [1.807, 2.05) is 0 Å². The Morgan fingerprint density at radius 2 is 1.79 bits per heavy atom. The maximum absolute atomic E-state index is 11.8. The number of unbranched alkanes of at least 4 members (excludes halogenated alkanes) is 4. The number of amides is 1. The Morgan fingerprint density at radius 3 is 2.21 bits per heavy atom. The second-order valence-corrected chi connectivity index (χ2v) is 5.86. The predicted octanol–water partition coefficient (Wildman–Crippen LogP) is 3.20. The largest absolute Gasteiger partial charge is 0.480 e. The maximum atomic E-state index is 11.8. The topological polar surface area (TPSA) is 57.6 Å². The highest BCUT2D eigenvalue weighted by atomic mass is 16.4. The Morgan fingerprint density at radius 1 is 1.21 bits per heavy atom. The van der Waals surface area contributed by atoms with E-state index in [-0.39, 0.29) is 11.9 Å². The molecule has 19 heavy (non-hydrogen) atoms. The molecule has 0 spiro atoms. The van der Waals surface area contributed by atoms with E-state index in [1.54, 1.807) is 11.8 Å². The van der Waals surface area contributed by atoms with E-state index in [0.717, 1.165) is 32.1 Å². The van der Waals surface area contributed by atoms with Crippen molar-refractivity contribution in [3.05, 3.63) is 0 Å². The van der Waals surface area contributed by atoms with Gasteiger partial charge in [0.25, 0.3) is 0 Å². The zero-order valence-corrected chi connectivity index (χ0v) is 12.4. The molecule has 0 heterocycles. The van der Waals surface area contributed by atoms with Gasteiger partial charge in [-0.25, -0.2) is 4.79 Å². The number of aliphatic carboxylic acids is 1. The van der Waals surface area contributed by atoms with Gasteiger partial charge in [-0.3, -0.25) is 4.79 Å². The van der Waals surface area contributed by atoms with Crippen LogP contribution in [0.4, 0.5) is 0 Å². The normalized spacial score (nSPS) is 17.8. The van der Waals surface area contributed by atoms with Crippen molar-refractivity contribution in [2.45, 2.75) is 83.7 Å². The van der Waals surface area contributed by atoms with Gasteiger partial charge in [0.15, 0.2) is 0 Å². The average molecular weight is 269 g/mol. The van der Waals surface area contributed by atoms with Crippen molar-refractivity contribution in [1.29, 1.82) is 0 Å². The first kappa shape index (κ1) is 16.0. The number of carbonyl (C=O) groups is 2. The van der Waals surface area contributed by atoms with Gasteiger partial charge >= 0.3 is 5.97 Å². The lowest BCUT2D eigenvalue weighted by molar-refractivity contribution is -0.158. The first-order valence-electron chi connectivity index (χ1n) is 7.46. The first-order valence-corrected chi connectivity index (χ1v) is 7.46. The summed E-state index contributed by atoms with van der Waals surface area (Å²) in [6.45, 7) is 5.34. The second kappa shape index (κ2) is 6.92. The van der Waals surface area contributed by atoms with Gasteiger partial charge in [0.1, 0.15) is 5.54 Å². The third kappa shape index (κ3) is 4.22. The molecule has 1 amide bonds. The highest BCUT2D eigenvalue weighted by Gasteiger charge is 2.47. The Labute approximate surface area is 116 Å². The molecule has 1 unspecified atom stereocenters. The van der Waals surface area contributed by atoms with E-state index in [0.29, 0.717) is 6.42 Å². The van der Waals surface area contributed by atoms with Crippen molar-refractivity contribution in [1.82, 2.24) is 4.90 Å². The lowest BCUT2D eigenvalue weighted by Gasteiger charge is -2.38. The van der Waals surface area contributed by atoms with Crippen LogP contribution in [0.1, 0.15) is 72.1 Å². The minimum atomic E-state index is -1.03. The van der Waals surface area contributed by atoms with Crippen molar-refractivity contribution in [2.24, 2.45) is 0 Å². The van der Waals surface area contributed by atoms with Crippen LogP contribution in [0.3, 0.4) is 0 Å². The molecular weight excluding hydrogens is 242 g/mol. The molecule has 1 saturated carbocycles. The second-order valence-electron chi connectivity index (χ2n) is 5.86. The van der Waals surface area contributed by atoms with Crippen LogP contribution in [0.25, 0.3) is 0 Å². The number of nitrogens with zero attached hydrogens (tertiary/aromatic N) is 1. The molecule has 4 heteroatoms. The molecule has 0 radical (unpaired) electrons. The number of hydrogen-bond donors (Lipinski definition) is 1. The Bertz CT molecular complexity index is 325. The van der Waals surface area contributed by atoms with E-state index < -0.39 is 11.5 Å². The molecule has 1 aliphatic carbocycles. The lowest BCUT2D eigenvalue weighted by Crippen LogP contribution is -2.55. The smallest absolute Gasteiger partial charge is 0.329 e. The zero-order chi connectivity index (χ0) is 14.5. The molecular formula is C15H27NO3. The van der Waals surface area contributed by atoms with Crippen LogP contribution in [0.15, 0.2) is 0 Å². The molecule has 1 rings (SSSR count). The van der Waals surface area contributed by atoms with E-state index >= 15 is 0 Å². The summed E-state index contributed by atoms with van der Waals surface area (Å²) in [5.41, 5.74) is -1.03. The Hall–Kier alpha value is -1.06. The van der Waals surface area contributed by atoms with Crippen LogP contribution in [0, 0.1) is 0 Å². The van der Waals surface area contributed by atoms with Crippen LogP contribution >= 0.6 is 0 Å². The summed E-state index contributed by atoms with van der Waals surface area (Å²) in [6.07, 6.45) is 7.89. The fraction of sp³-hybridized carbons (Fsp3) is 0.867. The molecule has 110 valence electrons. The number of carboxylic acid groups (broad SMARTS) is 1. The van der Waals surface area contributed by atoms with E-state index in [1.165, 1.54) is 19.8 Å². The number of carbonyl (C=O) groups excluding carboxylic acids is 1.